The maximum Gasteiger partial charge on any atom is 0.247 e. The predicted molar refractivity (Wildman–Crippen MR) is 95.3 cm³/mol. The van der Waals surface area contributed by atoms with Crippen LogP contribution >= 0.6 is 11.3 Å². The first kappa shape index (κ1) is 14.8. The summed E-state index contributed by atoms with van der Waals surface area (Å²) in [6.45, 7) is 4.18. The van der Waals surface area contributed by atoms with Crippen LogP contribution in [0.3, 0.4) is 0 Å². The third-order valence-corrected chi connectivity index (χ3v) is 5.01. The third-order valence-electron chi connectivity index (χ3n) is 3.90. The fraction of sp³-hybridized carbons (Fsp3) is 0.176. The van der Waals surface area contributed by atoms with Crippen molar-refractivity contribution < 1.29 is 4.79 Å². The monoisotopic (exact) mass is 337 g/mol. The van der Waals surface area contributed by atoms with E-state index in [1.165, 1.54) is 11.3 Å². The molecule has 7 heteroatoms. The molecule has 0 atom stereocenters. The first-order chi connectivity index (χ1) is 11.6. The van der Waals surface area contributed by atoms with Crippen LogP contribution in [-0.4, -0.2) is 25.9 Å². The molecule has 0 unspecified atom stereocenters. The molecular formula is C17H15N5OS. The second-order valence-electron chi connectivity index (χ2n) is 5.68. The minimum atomic E-state index is -0.167. The van der Waals surface area contributed by atoms with E-state index in [9.17, 15) is 4.79 Å². The highest BCUT2D eigenvalue weighted by Crippen LogP contribution is 2.30. The Labute approximate surface area is 142 Å². The zero-order valence-corrected chi connectivity index (χ0v) is 14.1. The van der Waals surface area contributed by atoms with Crippen molar-refractivity contribution in [2.45, 2.75) is 20.4 Å². The maximum atomic E-state index is 12.3. The molecule has 1 N–H and O–H groups in total. The molecule has 120 valence electrons. The van der Waals surface area contributed by atoms with Crippen molar-refractivity contribution >= 4 is 43.6 Å². The SMILES string of the molecule is Cc1ccc(C)c2sc(NC(=O)Cn3nnc4ccccc43)nc12. The Kier molecular flexibility index (Phi) is 3.50. The van der Waals surface area contributed by atoms with Crippen LogP contribution in [0.15, 0.2) is 36.4 Å². The van der Waals surface area contributed by atoms with Crippen molar-refractivity contribution in [3.8, 4) is 0 Å². The molecule has 6 nitrogen and oxygen atoms in total. The number of anilines is 1. The summed E-state index contributed by atoms with van der Waals surface area (Å²) in [6.07, 6.45) is 0. The van der Waals surface area contributed by atoms with Gasteiger partial charge in [-0.05, 0) is 37.1 Å². The van der Waals surface area contributed by atoms with Crippen molar-refractivity contribution in [2.24, 2.45) is 0 Å². The van der Waals surface area contributed by atoms with Crippen LogP contribution in [0.4, 0.5) is 5.13 Å². The fourth-order valence-electron chi connectivity index (χ4n) is 2.64. The lowest BCUT2D eigenvalue weighted by molar-refractivity contribution is -0.116. The molecule has 0 fully saturated rings. The van der Waals surface area contributed by atoms with Crippen LogP contribution in [-0.2, 0) is 11.3 Å². The van der Waals surface area contributed by atoms with Crippen LogP contribution in [0.5, 0.6) is 0 Å². The number of fused-ring (bicyclic) bond motifs is 2. The third kappa shape index (κ3) is 2.52. The Morgan fingerprint density at radius 2 is 1.96 bits per heavy atom. The molecular weight excluding hydrogens is 322 g/mol. The molecule has 4 rings (SSSR count). The molecule has 0 bridgehead atoms. The quantitative estimate of drug-likeness (QED) is 0.622. The van der Waals surface area contributed by atoms with Crippen molar-refractivity contribution in [3.05, 3.63) is 47.5 Å². The highest BCUT2D eigenvalue weighted by Gasteiger charge is 2.13. The van der Waals surface area contributed by atoms with Gasteiger partial charge in [-0.15, -0.1) is 5.10 Å². The van der Waals surface area contributed by atoms with Gasteiger partial charge in [0.15, 0.2) is 5.13 Å². The van der Waals surface area contributed by atoms with Crippen LogP contribution in [0.2, 0.25) is 0 Å². The lowest BCUT2D eigenvalue weighted by atomic mass is 10.1. The Morgan fingerprint density at radius 1 is 1.17 bits per heavy atom. The van der Waals surface area contributed by atoms with E-state index in [2.05, 4.69) is 26.7 Å². The molecule has 0 aliphatic rings. The summed E-state index contributed by atoms with van der Waals surface area (Å²) in [5, 5.41) is 11.6. The highest BCUT2D eigenvalue weighted by atomic mass is 32.1. The van der Waals surface area contributed by atoms with E-state index in [-0.39, 0.29) is 12.5 Å². The van der Waals surface area contributed by atoms with E-state index in [0.29, 0.717) is 5.13 Å². The van der Waals surface area contributed by atoms with Crippen LogP contribution in [0, 0.1) is 13.8 Å². The number of hydrogen-bond acceptors (Lipinski definition) is 5. The number of rotatable bonds is 3. The first-order valence-corrected chi connectivity index (χ1v) is 8.38. The molecule has 0 saturated carbocycles. The lowest BCUT2D eigenvalue weighted by Gasteiger charge is -2.02. The van der Waals surface area contributed by atoms with Crippen molar-refractivity contribution in [1.29, 1.82) is 0 Å². The van der Waals surface area contributed by atoms with Crippen LogP contribution < -0.4 is 5.32 Å². The molecule has 1 amide bonds. The van der Waals surface area contributed by atoms with E-state index in [1.54, 1.807) is 4.68 Å². The van der Waals surface area contributed by atoms with E-state index >= 15 is 0 Å². The summed E-state index contributed by atoms with van der Waals surface area (Å²) in [5.74, 6) is -0.167. The molecule has 2 heterocycles. The van der Waals surface area contributed by atoms with Gasteiger partial charge >= 0.3 is 0 Å². The van der Waals surface area contributed by atoms with Gasteiger partial charge in [-0.3, -0.25) is 4.79 Å². The Bertz CT molecular complexity index is 1030. The number of hydrogen-bond donors (Lipinski definition) is 1. The van der Waals surface area contributed by atoms with Crippen molar-refractivity contribution in [1.82, 2.24) is 20.0 Å². The van der Waals surface area contributed by atoms with E-state index in [1.807, 2.05) is 44.2 Å². The highest BCUT2D eigenvalue weighted by molar-refractivity contribution is 7.22. The van der Waals surface area contributed by atoms with E-state index in [4.69, 9.17) is 0 Å². The fourth-order valence-corrected chi connectivity index (χ4v) is 3.67. The van der Waals surface area contributed by atoms with Gasteiger partial charge in [0, 0.05) is 0 Å². The zero-order valence-electron chi connectivity index (χ0n) is 13.3. The smallest absolute Gasteiger partial charge is 0.247 e. The summed E-state index contributed by atoms with van der Waals surface area (Å²) in [7, 11) is 0. The van der Waals surface area contributed by atoms with Gasteiger partial charge in [-0.1, -0.05) is 40.8 Å². The topological polar surface area (TPSA) is 72.7 Å². The number of aromatic nitrogens is 4. The number of carbonyl (C=O) groups is 1. The minimum Gasteiger partial charge on any atom is -0.300 e. The average Bonchev–Trinajstić information content (AvgIpc) is 3.17. The maximum absolute atomic E-state index is 12.3. The first-order valence-electron chi connectivity index (χ1n) is 7.56. The zero-order chi connectivity index (χ0) is 16.7. The van der Waals surface area contributed by atoms with Gasteiger partial charge in [0.05, 0.1) is 15.7 Å². The number of para-hydroxylation sites is 1. The summed E-state index contributed by atoms with van der Waals surface area (Å²) in [5.41, 5.74) is 4.83. The number of carbonyl (C=O) groups excluding carboxylic acids is 1. The molecule has 24 heavy (non-hydrogen) atoms. The van der Waals surface area contributed by atoms with Gasteiger partial charge in [-0.2, -0.15) is 0 Å². The second kappa shape index (κ2) is 5.68. The van der Waals surface area contributed by atoms with Gasteiger partial charge in [0.1, 0.15) is 12.1 Å². The number of amides is 1. The molecule has 0 spiro atoms. The normalized spacial score (nSPS) is 11.2. The van der Waals surface area contributed by atoms with Gasteiger partial charge in [-0.25, -0.2) is 9.67 Å². The summed E-state index contributed by atoms with van der Waals surface area (Å²) in [6, 6.07) is 11.7. The predicted octanol–water partition coefficient (Wildman–Crippen LogP) is 3.30. The number of benzene rings is 2. The minimum absolute atomic E-state index is 0.106. The molecule has 0 saturated heterocycles. The summed E-state index contributed by atoms with van der Waals surface area (Å²) >= 11 is 1.49. The number of nitrogens with zero attached hydrogens (tertiary/aromatic N) is 4. The Morgan fingerprint density at radius 3 is 2.79 bits per heavy atom. The molecule has 0 aliphatic carbocycles. The van der Waals surface area contributed by atoms with E-state index < -0.39 is 0 Å². The molecule has 4 aromatic rings. The van der Waals surface area contributed by atoms with Gasteiger partial charge in [0.2, 0.25) is 5.91 Å². The molecule has 0 aliphatic heterocycles. The standard InChI is InChI=1S/C17H15N5OS/c1-10-7-8-11(2)16-15(10)19-17(24-16)18-14(23)9-22-13-6-4-3-5-12(13)20-21-22/h3-8H,9H2,1-2H3,(H,18,19,23). The largest absolute Gasteiger partial charge is 0.300 e. The Hall–Kier alpha value is -2.80. The number of aryl methyl sites for hydroxylation is 2. The lowest BCUT2D eigenvalue weighted by Crippen LogP contribution is -2.19. The van der Waals surface area contributed by atoms with Gasteiger partial charge < -0.3 is 5.32 Å². The van der Waals surface area contributed by atoms with E-state index in [0.717, 1.165) is 32.4 Å². The van der Waals surface area contributed by atoms with Crippen LogP contribution in [0.25, 0.3) is 21.3 Å². The van der Waals surface area contributed by atoms with Gasteiger partial charge in [0.25, 0.3) is 0 Å². The summed E-state index contributed by atoms with van der Waals surface area (Å²) < 4.78 is 2.70. The van der Waals surface area contributed by atoms with Crippen LogP contribution in [0.1, 0.15) is 11.1 Å². The van der Waals surface area contributed by atoms with Crippen molar-refractivity contribution in [2.75, 3.05) is 5.32 Å². The Balaban J connectivity index is 1.58. The van der Waals surface area contributed by atoms with Crippen molar-refractivity contribution in [3.63, 3.8) is 0 Å². The number of nitrogens with one attached hydrogen (secondary N) is 1. The number of thiazole rings is 1. The molecule has 2 aromatic heterocycles. The summed E-state index contributed by atoms with van der Waals surface area (Å²) in [4.78, 5) is 16.9. The molecule has 2 aromatic carbocycles. The molecule has 0 radical (unpaired) electrons. The average molecular weight is 337 g/mol. The second-order valence-corrected chi connectivity index (χ2v) is 6.68.